The second kappa shape index (κ2) is 10.3. The Morgan fingerprint density at radius 2 is 1.33 bits per heavy atom. The lowest BCUT2D eigenvalue weighted by molar-refractivity contribution is 0.140. The third-order valence-electron chi connectivity index (χ3n) is 6.47. The Morgan fingerprint density at radius 1 is 0.852 bits per heavy atom. The molecule has 2 fully saturated rings. The highest BCUT2D eigenvalue weighted by molar-refractivity contribution is 7.86. The minimum absolute atomic E-state index is 0.210. The maximum Gasteiger partial charge on any atom is 0.267 e. The van der Waals surface area contributed by atoms with Crippen molar-refractivity contribution in [1.29, 1.82) is 0 Å². The van der Waals surface area contributed by atoms with Crippen LogP contribution >= 0.6 is 8.58 Å². The molecular formula is C18H35O6PS2. The molecule has 0 amide bonds. The first-order valence-corrected chi connectivity index (χ1v) is 14.7. The van der Waals surface area contributed by atoms with E-state index in [9.17, 15) is 25.9 Å². The number of hydrogen-bond donors (Lipinski definition) is 2. The van der Waals surface area contributed by atoms with Crippen LogP contribution in [0.2, 0.25) is 0 Å². The fourth-order valence-electron chi connectivity index (χ4n) is 5.11. The predicted molar refractivity (Wildman–Crippen MR) is 111 cm³/mol. The molecule has 2 saturated carbocycles. The van der Waals surface area contributed by atoms with Gasteiger partial charge in [0.25, 0.3) is 20.2 Å². The highest BCUT2D eigenvalue weighted by Crippen LogP contribution is 2.44. The van der Waals surface area contributed by atoms with Crippen molar-refractivity contribution in [3.05, 3.63) is 0 Å². The van der Waals surface area contributed by atoms with E-state index in [1.54, 1.807) is 0 Å². The van der Waals surface area contributed by atoms with Crippen LogP contribution in [0.25, 0.3) is 0 Å². The smallest absolute Gasteiger partial charge is 0.267 e. The highest BCUT2D eigenvalue weighted by Gasteiger charge is 2.40. The summed E-state index contributed by atoms with van der Waals surface area (Å²) in [6.45, 7) is 2.17. The molecule has 0 heterocycles. The molecule has 0 bridgehead atoms. The molecule has 5 unspecified atom stereocenters. The second-order valence-electron chi connectivity index (χ2n) is 8.33. The summed E-state index contributed by atoms with van der Waals surface area (Å²) in [7, 11) is -7.16. The van der Waals surface area contributed by atoms with Gasteiger partial charge in [-0.25, -0.2) is 0 Å². The first-order valence-electron chi connectivity index (χ1n) is 10.3. The average molecular weight is 443 g/mol. The van der Waals surface area contributed by atoms with Gasteiger partial charge in [0.15, 0.2) is 0 Å². The van der Waals surface area contributed by atoms with Gasteiger partial charge < -0.3 is 0 Å². The summed E-state index contributed by atoms with van der Waals surface area (Å²) in [6, 6.07) is 0. The second-order valence-corrected chi connectivity index (χ2v) is 13.2. The summed E-state index contributed by atoms with van der Waals surface area (Å²) in [4.78, 5) is 0. The van der Waals surface area contributed by atoms with Gasteiger partial charge in [0.1, 0.15) is 0 Å². The minimum atomic E-state index is -4.02. The molecule has 0 radical (unpaired) electrons. The zero-order valence-electron chi connectivity index (χ0n) is 16.2. The molecule has 2 aliphatic rings. The van der Waals surface area contributed by atoms with E-state index in [1.165, 1.54) is 6.16 Å². The normalized spacial score (nSPS) is 32.0. The summed E-state index contributed by atoms with van der Waals surface area (Å²) in [5.74, 6) is 0.702. The van der Waals surface area contributed by atoms with Crippen molar-refractivity contribution in [2.24, 2.45) is 17.8 Å². The third-order valence-corrected chi connectivity index (χ3v) is 10.5. The Kier molecular flexibility index (Phi) is 9.00. The van der Waals surface area contributed by atoms with Gasteiger partial charge in [0.2, 0.25) is 0 Å². The SMILES string of the molecule is CCCPCCC(C1CCCC(S(=O)(=O)O)C1)C1CCCC(S(=O)(=O)O)C1. The monoisotopic (exact) mass is 442 g/mol. The number of rotatable bonds is 9. The lowest BCUT2D eigenvalue weighted by atomic mass is 9.68. The van der Waals surface area contributed by atoms with E-state index >= 15 is 0 Å². The summed E-state index contributed by atoms with van der Waals surface area (Å²) < 4.78 is 65.6. The molecule has 6 nitrogen and oxygen atoms in total. The Morgan fingerprint density at radius 3 is 1.74 bits per heavy atom. The van der Waals surface area contributed by atoms with Gasteiger partial charge in [0, 0.05) is 0 Å². The van der Waals surface area contributed by atoms with Crippen molar-refractivity contribution in [2.45, 2.75) is 81.6 Å². The predicted octanol–water partition coefficient (Wildman–Crippen LogP) is 3.97. The molecule has 0 aromatic carbocycles. The van der Waals surface area contributed by atoms with Gasteiger partial charge in [-0.15, -0.1) is 8.58 Å². The van der Waals surface area contributed by atoms with Gasteiger partial charge in [-0.05, 0) is 62.2 Å². The van der Waals surface area contributed by atoms with Crippen LogP contribution in [0.5, 0.6) is 0 Å². The quantitative estimate of drug-likeness (QED) is 0.318. The van der Waals surface area contributed by atoms with Crippen molar-refractivity contribution in [2.75, 3.05) is 12.3 Å². The molecule has 0 saturated heterocycles. The van der Waals surface area contributed by atoms with Gasteiger partial charge in [-0.3, -0.25) is 9.11 Å². The van der Waals surface area contributed by atoms with Crippen molar-refractivity contribution >= 4 is 28.8 Å². The van der Waals surface area contributed by atoms with Crippen molar-refractivity contribution in [3.63, 3.8) is 0 Å². The Balaban J connectivity index is 2.12. The summed E-state index contributed by atoms with van der Waals surface area (Å²) in [5, 5.41) is -1.37. The van der Waals surface area contributed by atoms with E-state index in [1.807, 2.05) is 0 Å². The molecule has 0 spiro atoms. The standard InChI is InChI=1S/C18H35O6PS2/c1-2-10-25-11-9-18(14-5-3-7-16(12-14)26(19,20)21)15-6-4-8-17(13-15)27(22,23)24/h14-18,25H,2-13H2,1H3,(H,19,20,21)(H,22,23,24). The molecular weight excluding hydrogens is 407 g/mol. The van der Waals surface area contributed by atoms with Crippen molar-refractivity contribution in [1.82, 2.24) is 0 Å². The number of hydrogen-bond acceptors (Lipinski definition) is 4. The van der Waals surface area contributed by atoms with Crippen LogP contribution < -0.4 is 0 Å². The van der Waals surface area contributed by atoms with E-state index in [-0.39, 0.29) is 17.8 Å². The molecule has 2 N–H and O–H groups in total. The van der Waals surface area contributed by atoms with E-state index < -0.39 is 30.7 Å². The Labute approximate surface area is 166 Å². The third kappa shape index (κ3) is 7.22. The van der Waals surface area contributed by atoms with Crippen LogP contribution in [-0.2, 0) is 20.2 Å². The molecule has 5 atom stereocenters. The van der Waals surface area contributed by atoms with Crippen LogP contribution in [0.4, 0.5) is 0 Å². The van der Waals surface area contributed by atoms with E-state index in [4.69, 9.17) is 0 Å². The van der Waals surface area contributed by atoms with Crippen LogP contribution in [0.15, 0.2) is 0 Å². The highest BCUT2D eigenvalue weighted by atomic mass is 32.2. The fraction of sp³-hybridized carbons (Fsp3) is 1.00. The van der Waals surface area contributed by atoms with Crippen molar-refractivity contribution < 1.29 is 25.9 Å². The molecule has 2 rings (SSSR count). The zero-order valence-corrected chi connectivity index (χ0v) is 18.8. The first kappa shape index (κ1) is 23.5. The average Bonchev–Trinajstić information content (AvgIpc) is 2.60. The van der Waals surface area contributed by atoms with E-state index in [2.05, 4.69) is 6.92 Å². The first-order chi connectivity index (χ1) is 12.6. The maximum atomic E-state index is 11.7. The van der Waals surface area contributed by atoms with Gasteiger partial charge in [-0.1, -0.05) is 39.0 Å². The Bertz CT molecular complexity index is 611. The lowest BCUT2D eigenvalue weighted by Gasteiger charge is -2.40. The van der Waals surface area contributed by atoms with E-state index in [0.717, 1.165) is 53.3 Å². The molecule has 27 heavy (non-hydrogen) atoms. The van der Waals surface area contributed by atoms with Crippen LogP contribution in [0.3, 0.4) is 0 Å². The topological polar surface area (TPSA) is 109 Å². The van der Waals surface area contributed by atoms with Crippen molar-refractivity contribution in [3.8, 4) is 0 Å². The van der Waals surface area contributed by atoms with Gasteiger partial charge in [0.05, 0.1) is 10.5 Å². The van der Waals surface area contributed by atoms with E-state index in [0.29, 0.717) is 25.7 Å². The molecule has 160 valence electrons. The molecule has 9 heteroatoms. The summed E-state index contributed by atoms with van der Waals surface area (Å²) >= 11 is 0. The lowest BCUT2D eigenvalue weighted by Crippen LogP contribution is -2.37. The summed E-state index contributed by atoms with van der Waals surface area (Å²) in [5.41, 5.74) is 0. The van der Waals surface area contributed by atoms with Crippen LogP contribution in [0.1, 0.15) is 71.1 Å². The molecule has 0 aromatic heterocycles. The largest absolute Gasteiger partial charge is 0.285 e. The van der Waals surface area contributed by atoms with Crippen LogP contribution in [-0.4, -0.2) is 48.8 Å². The zero-order chi connectivity index (χ0) is 20.1. The molecule has 0 aliphatic heterocycles. The fourth-order valence-corrected chi connectivity index (χ4v) is 8.16. The molecule has 0 aromatic rings. The summed E-state index contributed by atoms with van der Waals surface area (Å²) in [6.07, 6.45) is 9.89. The minimum Gasteiger partial charge on any atom is -0.285 e. The Hall–Kier alpha value is 0.250. The van der Waals surface area contributed by atoms with Crippen LogP contribution in [0, 0.1) is 17.8 Å². The molecule has 2 aliphatic carbocycles. The van der Waals surface area contributed by atoms with Gasteiger partial charge >= 0.3 is 0 Å². The maximum absolute atomic E-state index is 11.7. The van der Waals surface area contributed by atoms with Gasteiger partial charge in [-0.2, -0.15) is 16.8 Å².